The Morgan fingerprint density at radius 2 is 1.47 bits per heavy atom. The summed E-state index contributed by atoms with van der Waals surface area (Å²) in [5.74, 6) is -1.48. The third-order valence-electron chi connectivity index (χ3n) is 5.86. The van der Waals surface area contributed by atoms with Crippen molar-refractivity contribution in [2.24, 2.45) is 5.41 Å². The molecule has 0 aliphatic carbocycles. The van der Waals surface area contributed by atoms with E-state index in [1.54, 1.807) is 35.4 Å². The Kier molecular flexibility index (Phi) is 7.01. The first-order chi connectivity index (χ1) is 16.5. The molecule has 0 radical (unpaired) electrons. The Morgan fingerprint density at radius 3 is 2.03 bits per heavy atom. The summed E-state index contributed by atoms with van der Waals surface area (Å²) < 4.78 is 10.5. The van der Waals surface area contributed by atoms with Crippen LogP contribution in [0, 0.1) is 5.41 Å². The Bertz CT molecular complexity index is 1160. The number of esters is 2. The SMILES string of the molecule is COC(=O)C1(C(=O)OC)/C(=C/c2ccccc2)CON(c2ccc(Cl)cc2)C1c1ccccc1. The summed E-state index contributed by atoms with van der Waals surface area (Å²) >= 11 is 6.10. The molecule has 0 bridgehead atoms. The first kappa shape index (κ1) is 23.5. The van der Waals surface area contributed by atoms with Gasteiger partial charge in [-0.1, -0.05) is 78.3 Å². The number of hydrogen-bond acceptors (Lipinski definition) is 6. The molecule has 174 valence electrons. The molecule has 1 fully saturated rings. The Morgan fingerprint density at radius 1 is 0.912 bits per heavy atom. The van der Waals surface area contributed by atoms with Crippen LogP contribution in [0.1, 0.15) is 17.2 Å². The highest BCUT2D eigenvalue weighted by molar-refractivity contribution is 6.30. The van der Waals surface area contributed by atoms with E-state index in [4.69, 9.17) is 25.9 Å². The van der Waals surface area contributed by atoms with Crippen LogP contribution in [-0.2, 0) is 23.9 Å². The standard InChI is InChI=1S/C27H24ClNO5/c1-32-25(30)27(26(31)33-2)21(17-19-9-5-3-6-10-19)18-34-29(23-15-13-22(28)14-16-23)24(27)20-11-7-4-8-12-20/h3-17,24H,18H2,1-2H3/b21-17+. The summed E-state index contributed by atoms with van der Waals surface area (Å²) in [6, 6.07) is 24.7. The quantitative estimate of drug-likeness (QED) is 0.369. The zero-order valence-corrected chi connectivity index (χ0v) is 19.6. The molecule has 3 aromatic carbocycles. The van der Waals surface area contributed by atoms with Gasteiger partial charge >= 0.3 is 11.9 Å². The van der Waals surface area contributed by atoms with Crippen LogP contribution in [-0.4, -0.2) is 32.8 Å². The molecule has 6 nitrogen and oxygen atoms in total. The van der Waals surface area contributed by atoms with Crippen molar-refractivity contribution in [3.63, 3.8) is 0 Å². The number of carbonyl (C=O) groups is 2. The lowest BCUT2D eigenvalue weighted by atomic mass is 9.69. The maximum atomic E-state index is 13.6. The van der Waals surface area contributed by atoms with Crippen LogP contribution in [0.2, 0.25) is 5.02 Å². The lowest BCUT2D eigenvalue weighted by Gasteiger charge is -2.47. The van der Waals surface area contributed by atoms with Crippen LogP contribution < -0.4 is 5.06 Å². The van der Waals surface area contributed by atoms with Gasteiger partial charge in [0.25, 0.3) is 0 Å². The third kappa shape index (κ3) is 4.18. The molecule has 3 aromatic rings. The maximum absolute atomic E-state index is 13.6. The van der Waals surface area contributed by atoms with E-state index in [9.17, 15) is 9.59 Å². The van der Waals surface area contributed by atoms with Crippen molar-refractivity contribution in [1.82, 2.24) is 0 Å². The number of rotatable bonds is 5. The molecule has 0 amide bonds. The highest BCUT2D eigenvalue weighted by atomic mass is 35.5. The smallest absolute Gasteiger partial charge is 0.330 e. The first-order valence-electron chi connectivity index (χ1n) is 10.7. The van der Waals surface area contributed by atoms with Gasteiger partial charge < -0.3 is 9.47 Å². The van der Waals surface area contributed by atoms with Crippen LogP contribution in [0.3, 0.4) is 0 Å². The fraction of sp³-hybridized carbons (Fsp3) is 0.185. The zero-order chi connectivity index (χ0) is 24.1. The lowest BCUT2D eigenvalue weighted by Crippen LogP contribution is -2.57. The third-order valence-corrected chi connectivity index (χ3v) is 6.11. The van der Waals surface area contributed by atoms with Crippen molar-refractivity contribution in [3.8, 4) is 0 Å². The van der Waals surface area contributed by atoms with Crippen molar-refractivity contribution in [3.05, 3.63) is 107 Å². The van der Waals surface area contributed by atoms with E-state index in [1.807, 2.05) is 60.7 Å². The molecular formula is C27H24ClNO5. The molecule has 0 spiro atoms. The van der Waals surface area contributed by atoms with Crippen LogP contribution >= 0.6 is 11.6 Å². The van der Waals surface area contributed by atoms with E-state index in [1.165, 1.54) is 14.2 Å². The summed E-state index contributed by atoms with van der Waals surface area (Å²) in [5.41, 5.74) is 0.695. The molecule has 34 heavy (non-hydrogen) atoms. The summed E-state index contributed by atoms with van der Waals surface area (Å²) in [7, 11) is 2.52. The van der Waals surface area contributed by atoms with Gasteiger partial charge in [0.05, 0.1) is 26.5 Å². The molecule has 1 heterocycles. The van der Waals surface area contributed by atoms with E-state index < -0.39 is 23.4 Å². The number of hydroxylamine groups is 1. The van der Waals surface area contributed by atoms with Crippen molar-refractivity contribution in [1.29, 1.82) is 0 Å². The normalized spacial score (nSPS) is 18.4. The Labute approximate surface area is 203 Å². The minimum absolute atomic E-state index is 0.0367. The number of nitrogens with zero attached hydrogens (tertiary/aromatic N) is 1. The molecule has 1 atom stereocenters. The van der Waals surface area contributed by atoms with Crippen LogP contribution in [0.4, 0.5) is 5.69 Å². The molecule has 1 aliphatic rings. The Hall–Kier alpha value is -3.61. The van der Waals surface area contributed by atoms with E-state index in [0.29, 0.717) is 21.8 Å². The van der Waals surface area contributed by atoms with Crippen molar-refractivity contribution in [2.45, 2.75) is 6.04 Å². The average molecular weight is 478 g/mol. The second kappa shape index (κ2) is 10.1. The molecule has 0 aromatic heterocycles. The van der Waals surface area contributed by atoms with Crippen LogP contribution in [0.5, 0.6) is 0 Å². The van der Waals surface area contributed by atoms with Gasteiger partial charge in [-0.3, -0.25) is 14.4 Å². The first-order valence-corrected chi connectivity index (χ1v) is 11.1. The summed E-state index contributed by atoms with van der Waals surface area (Å²) in [6.07, 6.45) is 1.78. The minimum atomic E-state index is -1.83. The highest BCUT2D eigenvalue weighted by Gasteiger charge is 2.62. The largest absolute Gasteiger partial charge is 0.468 e. The fourth-order valence-corrected chi connectivity index (χ4v) is 4.43. The van der Waals surface area contributed by atoms with Crippen molar-refractivity contribution >= 4 is 35.3 Å². The summed E-state index contributed by atoms with van der Waals surface area (Å²) in [4.78, 5) is 33.5. The summed E-state index contributed by atoms with van der Waals surface area (Å²) in [5, 5.41) is 2.11. The van der Waals surface area contributed by atoms with Gasteiger partial charge in [0.15, 0.2) is 0 Å². The molecule has 1 aliphatic heterocycles. The highest BCUT2D eigenvalue weighted by Crippen LogP contribution is 2.51. The predicted octanol–water partition coefficient (Wildman–Crippen LogP) is 5.25. The van der Waals surface area contributed by atoms with Gasteiger partial charge in [0.1, 0.15) is 6.04 Å². The summed E-state index contributed by atoms with van der Waals surface area (Å²) in [6.45, 7) is -0.0367. The molecule has 0 N–H and O–H groups in total. The number of ether oxygens (including phenoxy) is 2. The maximum Gasteiger partial charge on any atom is 0.330 e. The number of halogens is 1. The molecular weight excluding hydrogens is 454 g/mol. The molecule has 1 unspecified atom stereocenters. The topological polar surface area (TPSA) is 65.1 Å². The number of benzene rings is 3. The van der Waals surface area contributed by atoms with Gasteiger partial charge in [-0.25, -0.2) is 5.06 Å². The molecule has 4 rings (SSSR count). The van der Waals surface area contributed by atoms with E-state index >= 15 is 0 Å². The van der Waals surface area contributed by atoms with Crippen molar-refractivity contribution < 1.29 is 23.9 Å². The Balaban J connectivity index is 2.01. The van der Waals surface area contributed by atoms with E-state index in [0.717, 1.165) is 5.56 Å². The number of carbonyl (C=O) groups excluding carboxylic acids is 2. The number of methoxy groups -OCH3 is 2. The average Bonchev–Trinajstić information content (AvgIpc) is 2.89. The minimum Gasteiger partial charge on any atom is -0.468 e. The van der Waals surface area contributed by atoms with Gasteiger partial charge in [-0.05, 0) is 41.0 Å². The monoisotopic (exact) mass is 477 g/mol. The van der Waals surface area contributed by atoms with Crippen LogP contribution in [0.15, 0.2) is 90.5 Å². The number of anilines is 1. The van der Waals surface area contributed by atoms with Gasteiger partial charge in [-0.15, -0.1) is 0 Å². The van der Waals surface area contributed by atoms with Gasteiger partial charge in [-0.2, -0.15) is 0 Å². The zero-order valence-electron chi connectivity index (χ0n) is 18.8. The van der Waals surface area contributed by atoms with Gasteiger partial charge in [0.2, 0.25) is 5.41 Å². The molecule has 0 saturated carbocycles. The molecule has 1 saturated heterocycles. The van der Waals surface area contributed by atoms with Crippen LogP contribution in [0.25, 0.3) is 6.08 Å². The fourth-order valence-electron chi connectivity index (χ4n) is 4.31. The van der Waals surface area contributed by atoms with E-state index in [-0.39, 0.29) is 6.61 Å². The van der Waals surface area contributed by atoms with E-state index in [2.05, 4.69) is 0 Å². The van der Waals surface area contributed by atoms with Crippen molar-refractivity contribution in [2.75, 3.05) is 25.9 Å². The number of hydrogen-bond donors (Lipinski definition) is 0. The lowest BCUT2D eigenvalue weighted by molar-refractivity contribution is -0.173. The second-order valence-electron chi connectivity index (χ2n) is 7.76. The second-order valence-corrected chi connectivity index (χ2v) is 8.20. The van der Waals surface area contributed by atoms with Gasteiger partial charge in [0, 0.05) is 5.02 Å². The predicted molar refractivity (Wildman–Crippen MR) is 130 cm³/mol. The molecule has 7 heteroatoms.